The minimum Gasteiger partial charge on any atom is -0.296 e. The molecule has 0 amide bonds. The summed E-state index contributed by atoms with van der Waals surface area (Å²) in [6.07, 6.45) is 2.88. The molecule has 0 rings (SSSR count). The van der Waals surface area contributed by atoms with Crippen LogP contribution in [0.4, 0.5) is 0 Å². The van der Waals surface area contributed by atoms with E-state index in [0.29, 0.717) is 6.29 Å². The number of aldehydes is 1. The van der Waals surface area contributed by atoms with Crippen molar-refractivity contribution in [2.24, 2.45) is 4.99 Å². The first-order chi connectivity index (χ1) is 6.44. The molecule has 0 aliphatic rings. The van der Waals surface area contributed by atoms with Gasteiger partial charge >= 0.3 is 10.2 Å². The molecule has 0 radical (unpaired) electrons. The van der Waals surface area contributed by atoms with E-state index >= 15 is 0 Å². The second kappa shape index (κ2) is 5.51. The van der Waals surface area contributed by atoms with E-state index in [0.717, 1.165) is 10.5 Å². The van der Waals surface area contributed by atoms with E-state index < -0.39 is 10.2 Å². The first kappa shape index (κ1) is 12.8. The Labute approximate surface area is 83.5 Å². The quantitative estimate of drug-likeness (QED) is 0.385. The van der Waals surface area contributed by atoms with Gasteiger partial charge in [0.15, 0.2) is 6.29 Å². The number of allylic oxidation sites excluding steroid dienone is 1. The molecule has 80 valence electrons. The Morgan fingerprint density at radius 1 is 1.43 bits per heavy atom. The first-order valence-corrected chi connectivity index (χ1v) is 5.22. The highest BCUT2D eigenvalue weighted by Crippen LogP contribution is 1.92. The third-order valence-corrected chi connectivity index (χ3v) is 2.61. The summed E-state index contributed by atoms with van der Waals surface area (Å²) < 4.78 is 25.4. The number of aliphatic imine (C=N–C) groups is 1. The Morgan fingerprint density at radius 2 is 2.00 bits per heavy atom. The second-order valence-corrected chi connectivity index (χ2v) is 4.40. The molecule has 6 nitrogen and oxygen atoms in total. The van der Waals surface area contributed by atoms with E-state index in [9.17, 15) is 13.2 Å². The lowest BCUT2D eigenvalue weighted by molar-refractivity contribution is -0.104. The van der Waals surface area contributed by atoms with Gasteiger partial charge in [-0.25, -0.2) is 0 Å². The molecule has 0 aliphatic heterocycles. The van der Waals surface area contributed by atoms with Crippen molar-refractivity contribution in [1.29, 1.82) is 0 Å². The van der Waals surface area contributed by atoms with Crippen LogP contribution in [-0.4, -0.2) is 39.3 Å². The van der Waals surface area contributed by atoms with E-state index in [4.69, 9.17) is 0 Å². The predicted octanol–water partition coefficient (Wildman–Crippen LogP) is -0.487. The fraction of sp³-hybridized carbons (Fsp3) is 0.429. The zero-order valence-corrected chi connectivity index (χ0v) is 9.08. The van der Waals surface area contributed by atoms with E-state index in [1.807, 2.05) is 0 Å². The molecule has 0 unspecified atom stereocenters. The zero-order valence-electron chi connectivity index (χ0n) is 8.26. The number of carbonyl (C=O) groups is 1. The molecule has 14 heavy (non-hydrogen) atoms. The van der Waals surface area contributed by atoms with Crippen LogP contribution in [-0.2, 0) is 15.0 Å². The summed E-state index contributed by atoms with van der Waals surface area (Å²) in [6, 6.07) is 0. The minimum absolute atomic E-state index is 0.0120. The first-order valence-electron chi connectivity index (χ1n) is 3.78. The van der Waals surface area contributed by atoms with Crippen LogP contribution < -0.4 is 4.72 Å². The normalized spacial score (nSPS) is 13.6. The molecular weight excluding hydrogens is 206 g/mol. The SMILES string of the molecule is C/C=N\C(C=O)=C/NS(=O)(=O)N(C)C. The largest absolute Gasteiger partial charge is 0.300 e. The molecule has 0 spiro atoms. The summed E-state index contributed by atoms with van der Waals surface area (Å²) in [5, 5.41) is 0. The van der Waals surface area contributed by atoms with Crippen molar-refractivity contribution in [3.05, 3.63) is 11.9 Å². The fourth-order valence-corrected chi connectivity index (χ4v) is 0.972. The number of rotatable bonds is 5. The van der Waals surface area contributed by atoms with Gasteiger partial charge in [-0.05, 0) is 6.92 Å². The van der Waals surface area contributed by atoms with Crippen LogP contribution >= 0.6 is 0 Å². The van der Waals surface area contributed by atoms with Gasteiger partial charge in [0.25, 0.3) is 0 Å². The van der Waals surface area contributed by atoms with Gasteiger partial charge in [-0.1, -0.05) is 0 Å². The minimum atomic E-state index is -3.55. The third kappa shape index (κ3) is 4.15. The number of nitrogens with one attached hydrogen (secondary N) is 1. The van der Waals surface area contributed by atoms with E-state index in [-0.39, 0.29) is 5.70 Å². The highest BCUT2D eigenvalue weighted by molar-refractivity contribution is 7.87. The van der Waals surface area contributed by atoms with E-state index in [2.05, 4.69) is 9.71 Å². The van der Waals surface area contributed by atoms with Gasteiger partial charge in [0, 0.05) is 26.5 Å². The highest BCUT2D eigenvalue weighted by Gasteiger charge is 2.09. The molecule has 0 aliphatic carbocycles. The van der Waals surface area contributed by atoms with Crippen molar-refractivity contribution in [2.45, 2.75) is 6.92 Å². The average molecular weight is 219 g/mol. The topological polar surface area (TPSA) is 78.8 Å². The van der Waals surface area contributed by atoms with Gasteiger partial charge in [0.05, 0.1) is 0 Å². The molecular formula is C7H13N3O3S. The molecule has 0 saturated carbocycles. The third-order valence-electron chi connectivity index (χ3n) is 1.24. The van der Waals surface area contributed by atoms with Gasteiger partial charge in [-0.2, -0.15) is 12.7 Å². The fourth-order valence-electron chi connectivity index (χ4n) is 0.491. The maximum Gasteiger partial charge on any atom is 0.300 e. The van der Waals surface area contributed by atoms with Crippen LogP contribution in [0.5, 0.6) is 0 Å². The van der Waals surface area contributed by atoms with Crippen molar-refractivity contribution in [3.8, 4) is 0 Å². The Balaban J connectivity index is 4.63. The molecule has 7 heteroatoms. The van der Waals surface area contributed by atoms with Gasteiger partial charge in [0.1, 0.15) is 5.70 Å². The summed E-state index contributed by atoms with van der Waals surface area (Å²) >= 11 is 0. The average Bonchev–Trinajstić information content (AvgIpc) is 2.12. The monoisotopic (exact) mass is 219 g/mol. The lowest BCUT2D eigenvalue weighted by Gasteiger charge is -2.09. The van der Waals surface area contributed by atoms with Crippen molar-refractivity contribution in [2.75, 3.05) is 14.1 Å². The van der Waals surface area contributed by atoms with Gasteiger partial charge in [0.2, 0.25) is 0 Å². The van der Waals surface area contributed by atoms with Gasteiger partial charge in [-0.3, -0.25) is 14.5 Å². The molecule has 0 saturated heterocycles. The van der Waals surface area contributed by atoms with Crippen LogP contribution in [0.3, 0.4) is 0 Å². The lowest BCUT2D eigenvalue weighted by atomic mass is 10.5. The summed E-state index contributed by atoms with van der Waals surface area (Å²) in [6.45, 7) is 1.62. The number of carbonyl (C=O) groups excluding carboxylic acids is 1. The van der Waals surface area contributed by atoms with Crippen LogP contribution in [0.1, 0.15) is 6.92 Å². The van der Waals surface area contributed by atoms with Crippen LogP contribution in [0.15, 0.2) is 16.9 Å². The molecule has 0 fully saturated rings. The summed E-state index contributed by atoms with van der Waals surface area (Å²) in [5.41, 5.74) is 0.0120. The van der Waals surface area contributed by atoms with E-state index in [1.165, 1.54) is 20.3 Å². The summed E-state index contributed by atoms with van der Waals surface area (Å²) in [7, 11) is -0.798. The second-order valence-electron chi connectivity index (χ2n) is 2.48. The Kier molecular flexibility index (Phi) is 5.03. The Bertz CT molecular complexity index is 343. The molecule has 1 N–H and O–H groups in total. The van der Waals surface area contributed by atoms with Crippen molar-refractivity contribution >= 4 is 22.7 Å². The Morgan fingerprint density at radius 3 is 2.36 bits per heavy atom. The molecule has 0 aromatic rings. The summed E-state index contributed by atoms with van der Waals surface area (Å²) in [4.78, 5) is 14.0. The molecule has 0 atom stereocenters. The van der Waals surface area contributed by atoms with Crippen molar-refractivity contribution < 1.29 is 13.2 Å². The predicted molar refractivity (Wildman–Crippen MR) is 54.1 cm³/mol. The van der Waals surface area contributed by atoms with Crippen LogP contribution in [0, 0.1) is 0 Å². The number of nitrogens with zero attached hydrogens (tertiary/aromatic N) is 2. The van der Waals surface area contributed by atoms with E-state index in [1.54, 1.807) is 6.92 Å². The maximum atomic E-state index is 11.2. The highest BCUT2D eigenvalue weighted by atomic mass is 32.2. The summed E-state index contributed by atoms with van der Waals surface area (Å²) in [5.74, 6) is 0. The Hall–Kier alpha value is -1.21. The smallest absolute Gasteiger partial charge is 0.296 e. The molecule has 0 bridgehead atoms. The van der Waals surface area contributed by atoms with Crippen molar-refractivity contribution in [3.63, 3.8) is 0 Å². The van der Waals surface area contributed by atoms with Crippen LogP contribution in [0.25, 0.3) is 0 Å². The zero-order chi connectivity index (χ0) is 11.2. The molecule has 0 aromatic carbocycles. The van der Waals surface area contributed by atoms with Gasteiger partial charge in [-0.15, -0.1) is 0 Å². The molecule has 0 aromatic heterocycles. The maximum absolute atomic E-state index is 11.2. The molecule has 0 heterocycles. The lowest BCUT2D eigenvalue weighted by Crippen LogP contribution is -2.32. The number of hydrogen-bond donors (Lipinski definition) is 1. The van der Waals surface area contributed by atoms with Crippen LogP contribution in [0.2, 0.25) is 0 Å². The number of hydrogen-bond acceptors (Lipinski definition) is 4. The van der Waals surface area contributed by atoms with Crippen molar-refractivity contribution in [1.82, 2.24) is 9.03 Å². The van der Waals surface area contributed by atoms with Gasteiger partial charge < -0.3 is 0 Å². The standard InChI is InChI=1S/C7H13N3O3S/c1-4-8-7(6-11)5-9-14(12,13)10(2)3/h4-6,9H,1-3H3/b7-5-,8-4-.